The second kappa shape index (κ2) is 12.8. The molecule has 2 aromatic heterocycles. The highest BCUT2D eigenvalue weighted by Crippen LogP contribution is 2.33. The normalized spacial score (nSPS) is 12.4. The van der Waals surface area contributed by atoms with Crippen LogP contribution in [0, 0.1) is 35.2 Å². The molecule has 0 spiro atoms. The number of benzene rings is 2. The fourth-order valence-electron chi connectivity index (χ4n) is 4.28. The third-order valence-electron chi connectivity index (χ3n) is 5.90. The number of Topliss-reactive ketones (excluding diaryl/α,β-unsaturated/α-hetero) is 2. The Kier molecular flexibility index (Phi) is 9.82. The van der Waals surface area contributed by atoms with Gasteiger partial charge in [-0.05, 0) is 75.4 Å². The quantitative estimate of drug-likeness (QED) is 0.215. The number of aryl methyl sites for hydroxylation is 2. The van der Waals surface area contributed by atoms with Gasteiger partial charge in [0, 0.05) is 12.8 Å². The molecule has 2 heterocycles. The van der Waals surface area contributed by atoms with Gasteiger partial charge in [-0.1, -0.05) is 36.4 Å². The van der Waals surface area contributed by atoms with Crippen molar-refractivity contribution < 1.29 is 27.2 Å². The summed E-state index contributed by atoms with van der Waals surface area (Å²) in [6.45, 7) is 6.54. The highest BCUT2D eigenvalue weighted by molar-refractivity contribution is 7.71. The van der Waals surface area contributed by atoms with E-state index in [-0.39, 0.29) is 45.7 Å². The van der Waals surface area contributed by atoms with Gasteiger partial charge in [0.25, 0.3) is 9.67 Å². The third-order valence-corrected chi connectivity index (χ3v) is 6.27. The Hall–Kier alpha value is -3.50. The Morgan fingerprint density at radius 3 is 1.34 bits per heavy atom. The van der Waals surface area contributed by atoms with Crippen LogP contribution in [0.2, 0.25) is 0 Å². The van der Waals surface area contributed by atoms with E-state index in [2.05, 4.69) is 9.97 Å². The number of ketones is 2. The lowest BCUT2D eigenvalue weighted by Crippen LogP contribution is -2.08. The lowest BCUT2D eigenvalue weighted by atomic mass is 9.90. The molecule has 4 rings (SSSR count). The van der Waals surface area contributed by atoms with Crippen molar-refractivity contribution in [1.29, 1.82) is 0 Å². The van der Waals surface area contributed by atoms with Crippen LogP contribution in [0.15, 0.2) is 57.4 Å². The number of halogens is 2. The predicted molar refractivity (Wildman–Crippen MR) is 144 cm³/mol. The summed E-state index contributed by atoms with van der Waals surface area (Å²) in [5.41, 5.74) is 2.33. The number of aromatic nitrogens is 2. The lowest BCUT2D eigenvalue weighted by molar-refractivity contribution is -0.118. The van der Waals surface area contributed by atoms with Crippen molar-refractivity contribution in [2.75, 3.05) is 0 Å². The minimum absolute atomic E-state index is 0.0324. The maximum absolute atomic E-state index is 13.9. The number of oxazole rings is 2. The summed E-state index contributed by atoms with van der Waals surface area (Å²) >= 11 is 9.87. The van der Waals surface area contributed by atoms with E-state index in [4.69, 9.17) is 33.3 Å². The molecule has 4 aromatic rings. The molecule has 6 nitrogen and oxygen atoms in total. The molecule has 0 saturated heterocycles. The standard InChI is InChI=1S/2C14H14FNO2S/c2*1-8(17)7-11(10-5-3-4-6-12(10)15)13-9(2)16-14(19)18-13/h2*3-6,11H,7H2,1-2H3,(H,16,19)/t2*11-/m11/s1. The molecule has 0 radical (unpaired) electrons. The number of carbonyl (C=O) groups excluding carboxylic acids is 2. The molecular weight excluding hydrogens is 530 g/mol. The Balaban J connectivity index is 0.000000211. The van der Waals surface area contributed by atoms with Crippen molar-refractivity contribution in [2.45, 2.75) is 52.4 Å². The van der Waals surface area contributed by atoms with Gasteiger partial charge < -0.3 is 18.8 Å². The summed E-state index contributed by atoms with van der Waals surface area (Å²) in [7, 11) is 0. The Bertz CT molecular complexity index is 1430. The molecule has 0 unspecified atom stereocenters. The fourth-order valence-corrected chi connectivity index (χ4v) is 4.76. The second-order valence-corrected chi connectivity index (χ2v) is 9.71. The number of hydrogen-bond donors (Lipinski definition) is 2. The van der Waals surface area contributed by atoms with Gasteiger partial charge in [-0.15, -0.1) is 0 Å². The fraction of sp³-hybridized carbons (Fsp3) is 0.286. The molecule has 0 aliphatic heterocycles. The average Bonchev–Trinajstić information content (AvgIpc) is 3.36. The van der Waals surface area contributed by atoms with Crippen molar-refractivity contribution in [3.05, 3.63) is 104 Å². The first-order valence-corrected chi connectivity index (χ1v) is 12.7. The lowest BCUT2D eigenvalue weighted by Gasteiger charge is -2.14. The molecular formula is C28H28F2N2O4S2. The molecule has 2 atom stereocenters. The molecule has 2 N–H and O–H groups in total. The molecule has 38 heavy (non-hydrogen) atoms. The second-order valence-electron chi connectivity index (χ2n) is 8.97. The SMILES string of the molecule is CC(=O)C[C@H](c1ccccc1F)c1oc(=S)[nH]c1C.CC(=O)C[C@H](c1ccccc1F)c1oc(=S)[nH]c1C. The first-order chi connectivity index (χ1) is 18.0. The minimum atomic E-state index is -0.452. The monoisotopic (exact) mass is 558 g/mol. The zero-order valence-corrected chi connectivity index (χ0v) is 23.0. The Morgan fingerprint density at radius 1 is 0.737 bits per heavy atom. The molecule has 0 fully saturated rings. The van der Waals surface area contributed by atoms with Gasteiger partial charge in [0.05, 0.1) is 23.2 Å². The summed E-state index contributed by atoms with van der Waals surface area (Å²) in [5.74, 6) is -0.634. The van der Waals surface area contributed by atoms with E-state index in [0.717, 1.165) is 11.4 Å². The van der Waals surface area contributed by atoms with Gasteiger partial charge >= 0.3 is 0 Å². The summed E-state index contributed by atoms with van der Waals surface area (Å²) in [6.07, 6.45) is 0.357. The topological polar surface area (TPSA) is 92.0 Å². The zero-order valence-electron chi connectivity index (χ0n) is 21.4. The van der Waals surface area contributed by atoms with Crippen LogP contribution in [0.25, 0.3) is 0 Å². The maximum Gasteiger partial charge on any atom is 0.266 e. The number of rotatable bonds is 8. The van der Waals surface area contributed by atoms with E-state index >= 15 is 0 Å². The van der Waals surface area contributed by atoms with Gasteiger partial charge in [0.15, 0.2) is 0 Å². The molecule has 2 aromatic carbocycles. The highest BCUT2D eigenvalue weighted by atomic mass is 32.1. The Morgan fingerprint density at radius 2 is 1.08 bits per heavy atom. The van der Waals surface area contributed by atoms with E-state index < -0.39 is 11.8 Å². The van der Waals surface area contributed by atoms with E-state index in [0.29, 0.717) is 22.6 Å². The van der Waals surface area contributed by atoms with Crippen LogP contribution in [0.1, 0.15) is 72.6 Å². The van der Waals surface area contributed by atoms with E-state index in [1.165, 1.54) is 26.0 Å². The summed E-state index contributed by atoms with van der Waals surface area (Å²) < 4.78 is 38.7. The minimum Gasteiger partial charge on any atom is -0.434 e. The smallest absolute Gasteiger partial charge is 0.266 e. The van der Waals surface area contributed by atoms with Crippen LogP contribution in [-0.2, 0) is 9.59 Å². The summed E-state index contributed by atoms with van der Waals surface area (Å²) in [5, 5.41) is 0. The zero-order chi connectivity index (χ0) is 28.0. The van der Waals surface area contributed by atoms with Gasteiger partial charge in [-0.3, -0.25) is 9.59 Å². The van der Waals surface area contributed by atoms with Gasteiger partial charge in [0.2, 0.25) is 0 Å². The van der Waals surface area contributed by atoms with Crippen molar-refractivity contribution in [1.82, 2.24) is 9.97 Å². The van der Waals surface area contributed by atoms with Crippen LogP contribution in [0.3, 0.4) is 0 Å². The molecule has 0 aliphatic carbocycles. The van der Waals surface area contributed by atoms with E-state index in [1.54, 1.807) is 50.2 Å². The van der Waals surface area contributed by atoms with Crippen molar-refractivity contribution in [3.63, 3.8) is 0 Å². The number of hydrogen-bond acceptors (Lipinski definition) is 6. The first-order valence-electron chi connectivity index (χ1n) is 11.8. The highest BCUT2D eigenvalue weighted by Gasteiger charge is 2.25. The van der Waals surface area contributed by atoms with Crippen LogP contribution in [0.4, 0.5) is 8.78 Å². The van der Waals surface area contributed by atoms with Gasteiger partial charge in [0.1, 0.15) is 34.7 Å². The van der Waals surface area contributed by atoms with E-state index in [9.17, 15) is 18.4 Å². The van der Waals surface area contributed by atoms with Crippen LogP contribution >= 0.6 is 24.4 Å². The largest absolute Gasteiger partial charge is 0.434 e. The molecule has 0 bridgehead atoms. The average molecular weight is 559 g/mol. The van der Waals surface area contributed by atoms with Gasteiger partial charge in [-0.2, -0.15) is 0 Å². The number of carbonyl (C=O) groups is 2. The van der Waals surface area contributed by atoms with E-state index in [1.807, 2.05) is 0 Å². The van der Waals surface area contributed by atoms with Crippen LogP contribution in [0.5, 0.6) is 0 Å². The molecule has 10 heteroatoms. The van der Waals surface area contributed by atoms with Gasteiger partial charge in [-0.25, -0.2) is 8.78 Å². The molecule has 0 amide bonds. The first kappa shape index (κ1) is 29.1. The number of H-pyrrole nitrogens is 2. The maximum atomic E-state index is 13.9. The molecule has 0 saturated carbocycles. The third kappa shape index (κ3) is 7.29. The molecule has 0 aliphatic rings. The Labute approximate surface area is 229 Å². The van der Waals surface area contributed by atoms with Crippen molar-refractivity contribution >= 4 is 36.0 Å². The van der Waals surface area contributed by atoms with Crippen LogP contribution < -0.4 is 0 Å². The van der Waals surface area contributed by atoms with Crippen LogP contribution in [-0.4, -0.2) is 21.5 Å². The number of nitrogens with one attached hydrogen (secondary N) is 2. The predicted octanol–water partition coefficient (Wildman–Crippen LogP) is 7.79. The van der Waals surface area contributed by atoms with Crippen molar-refractivity contribution in [3.8, 4) is 0 Å². The number of aromatic amines is 2. The molecule has 200 valence electrons. The summed E-state index contributed by atoms with van der Waals surface area (Å²) in [6, 6.07) is 12.8. The summed E-state index contributed by atoms with van der Waals surface area (Å²) in [4.78, 5) is 29.1. The van der Waals surface area contributed by atoms with Crippen molar-refractivity contribution in [2.24, 2.45) is 0 Å².